The Labute approximate surface area is 106 Å². The van der Waals surface area contributed by atoms with Crippen molar-refractivity contribution in [3.8, 4) is 0 Å². The minimum Gasteiger partial charge on any atom is -0.394 e. The molecule has 0 spiro atoms. The molecule has 1 rings (SSSR count). The van der Waals surface area contributed by atoms with Gasteiger partial charge in [-0.05, 0) is 19.1 Å². The van der Waals surface area contributed by atoms with E-state index in [1.54, 1.807) is 12.1 Å². The van der Waals surface area contributed by atoms with Gasteiger partial charge in [-0.2, -0.15) is 8.42 Å². The Hall–Kier alpha value is -0.990. The summed E-state index contributed by atoms with van der Waals surface area (Å²) in [5.41, 5.74) is 0.951. The molecule has 102 valence electrons. The van der Waals surface area contributed by atoms with Gasteiger partial charge in [0, 0.05) is 0 Å². The first-order valence-electron chi connectivity index (χ1n) is 5.37. The van der Waals surface area contributed by atoms with Gasteiger partial charge in [0.1, 0.15) is 6.61 Å². The normalized spacial score (nSPS) is 11.7. The van der Waals surface area contributed by atoms with Gasteiger partial charge in [-0.1, -0.05) is 17.7 Å². The molecule has 7 heteroatoms. The molecule has 1 aromatic carbocycles. The van der Waals surface area contributed by atoms with Gasteiger partial charge in [-0.25, -0.2) is 4.89 Å². The summed E-state index contributed by atoms with van der Waals surface area (Å²) in [5, 5.41) is 8.43. The number of hydrogen-bond acceptors (Lipinski definition) is 6. The maximum absolute atomic E-state index is 11.6. The standard InChI is InChI=1S/C11H16O6S/c1-10-2-4-11(5-3-10)18(13,14)17-16-9-8-15-7-6-12/h2-5,12H,6-9H2,1H3. The highest BCUT2D eigenvalue weighted by atomic mass is 32.2. The largest absolute Gasteiger partial charge is 0.394 e. The Morgan fingerprint density at radius 2 is 1.78 bits per heavy atom. The van der Waals surface area contributed by atoms with E-state index in [1.807, 2.05) is 6.92 Å². The summed E-state index contributed by atoms with van der Waals surface area (Å²) < 4.78 is 32.4. The Balaban J connectivity index is 2.38. The number of ether oxygens (including phenoxy) is 1. The van der Waals surface area contributed by atoms with Crippen molar-refractivity contribution in [1.29, 1.82) is 0 Å². The third kappa shape index (κ3) is 5.11. The molecule has 18 heavy (non-hydrogen) atoms. The topological polar surface area (TPSA) is 82.1 Å². The summed E-state index contributed by atoms with van der Waals surface area (Å²) in [5.74, 6) is 0. The van der Waals surface area contributed by atoms with Crippen LogP contribution in [0.3, 0.4) is 0 Å². The van der Waals surface area contributed by atoms with Crippen LogP contribution >= 0.6 is 0 Å². The van der Waals surface area contributed by atoms with Crippen molar-refractivity contribution in [2.24, 2.45) is 0 Å². The molecule has 1 N–H and O–H groups in total. The molecule has 0 atom stereocenters. The molecule has 0 aliphatic rings. The number of aliphatic hydroxyl groups excluding tert-OH is 1. The Morgan fingerprint density at radius 3 is 2.39 bits per heavy atom. The second-order valence-electron chi connectivity index (χ2n) is 3.49. The molecule has 0 aliphatic carbocycles. The zero-order chi connectivity index (χ0) is 13.4. The Kier molecular flexibility index (Phi) is 6.23. The number of aliphatic hydroxyl groups is 1. The fourth-order valence-electron chi connectivity index (χ4n) is 1.10. The van der Waals surface area contributed by atoms with Crippen LogP contribution in [0.2, 0.25) is 0 Å². The van der Waals surface area contributed by atoms with Gasteiger partial charge in [0.2, 0.25) is 0 Å². The molecule has 1 aromatic rings. The van der Waals surface area contributed by atoms with Crippen LogP contribution in [0.15, 0.2) is 29.2 Å². The number of aryl methyl sites for hydroxylation is 1. The van der Waals surface area contributed by atoms with Crippen molar-refractivity contribution >= 4 is 10.1 Å². The monoisotopic (exact) mass is 276 g/mol. The molecular formula is C11H16O6S. The smallest absolute Gasteiger partial charge is 0.323 e. The van der Waals surface area contributed by atoms with Crippen LogP contribution in [-0.4, -0.2) is 40.0 Å². The molecule has 0 heterocycles. The molecule has 0 radical (unpaired) electrons. The number of hydrogen-bond donors (Lipinski definition) is 1. The van der Waals surface area contributed by atoms with Crippen molar-refractivity contribution in [1.82, 2.24) is 0 Å². The molecule has 0 saturated carbocycles. The van der Waals surface area contributed by atoms with Gasteiger partial charge < -0.3 is 9.84 Å². The van der Waals surface area contributed by atoms with Gasteiger partial charge in [0.25, 0.3) is 0 Å². The van der Waals surface area contributed by atoms with E-state index in [0.29, 0.717) is 0 Å². The summed E-state index contributed by atoms with van der Waals surface area (Å²) in [6, 6.07) is 6.22. The lowest BCUT2D eigenvalue weighted by Crippen LogP contribution is -2.12. The van der Waals surface area contributed by atoms with E-state index < -0.39 is 10.1 Å². The number of benzene rings is 1. The van der Waals surface area contributed by atoms with Crippen LogP contribution < -0.4 is 0 Å². The van der Waals surface area contributed by atoms with Crippen molar-refractivity contribution in [3.05, 3.63) is 29.8 Å². The van der Waals surface area contributed by atoms with E-state index >= 15 is 0 Å². The van der Waals surface area contributed by atoms with Crippen LogP contribution in [0.4, 0.5) is 0 Å². The average molecular weight is 276 g/mol. The zero-order valence-corrected chi connectivity index (χ0v) is 10.9. The van der Waals surface area contributed by atoms with E-state index in [-0.39, 0.29) is 31.3 Å². The zero-order valence-electron chi connectivity index (χ0n) is 10.0. The fourth-order valence-corrected chi connectivity index (χ4v) is 1.84. The predicted octanol–water partition coefficient (Wildman–Crippen LogP) is 0.641. The van der Waals surface area contributed by atoms with Gasteiger partial charge in [0.15, 0.2) is 0 Å². The summed E-state index contributed by atoms with van der Waals surface area (Å²) in [6.07, 6.45) is 0. The fraction of sp³-hybridized carbons (Fsp3) is 0.455. The lowest BCUT2D eigenvalue weighted by Gasteiger charge is -2.05. The molecule has 0 saturated heterocycles. The third-order valence-corrected chi connectivity index (χ3v) is 3.12. The first-order valence-corrected chi connectivity index (χ1v) is 6.78. The third-order valence-electron chi connectivity index (χ3n) is 1.99. The van der Waals surface area contributed by atoms with Gasteiger partial charge in [0.05, 0.1) is 24.7 Å². The molecule has 0 amide bonds. The first kappa shape index (κ1) is 15.1. The van der Waals surface area contributed by atoms with E-state index in [0.717, 1.165) is 5.56 Å². The van der Waals surface area contributed by atoms with E-state index in [9.17, 15) is 8.42 Å². The average Bonchev–Trinajstić information content (AvgIpc) is 2.34. The molecule has 0 bridgehead atoms. The SMILES string of the molecule is Cc1ccc(S(=O)(=O)OOCCOCCO)cc1. The predicted molar refractivity (Wildman–Crippen MR) is 63.3 cm³/mol. The van der Waals surface area contributed by atoms with Crippen molar-refractivity contribution in [3.63, 3.8) is 0 Å². The molecule has 6 nitrogen and oxygen atoms in total. The van der Waals surface area contributed by atoms with Crippen LogP contribution in [0.25, 0.3) is 0 Å². The van der Waals surface area contributed by atoms with Crippen molar-refractivity contribution < 1.29 is 27.5 Å². The highest BCUT2D eigenvalue weighted by Gasteiger charge is 2.15. The van der Waals surface area contributed by atoms with Crippen LogP contribution in [-0.2, 0) is 24.1 Å². The van der Waals surface area contributed by atoms with Crippen LogP contribution in [0.5, 0.6) is 0 Å². The summed E-state index contributed by atoms with van der Waals surface area (Å²) in [4.78, 5) is 4.57. The maximum Gasteiger partial charge on any atom is 0.323 e. The molecule has 0 fully saturated rings. The van der Waals surface area contributed by atoms with Crippen LogP contribution in [0, 0.1) is 6.92 Å². The van der Waals surface area contributed by atoms with Gasteiger partial charge in [-0.3, -0.25) is 0 Å². The molecule has 0 aliphatic heterocycles. The van der Waals surface area contributed by atoms with E-state index in [1.165, 1.54) is 12.1 Å². The quantitative estimate of drug-likeness (QED) is 0.426. The van der Waals surface area contributed by atoms with Crippen LogP contribution in [0.1, 0.15) is 5.56 Å². The minimum absolute atomic E-state index is 0.0318. The van der Waals surface area contributed by atoms with Gasteiger partial charge in [-0.15, -0.1) is 4.33 Å². The lowest BCUT2D eigenvalue weighted by molar-refractivity contribution is -0.210. The van der Waals surface area contributed by atoms with Gasteiger partial charge >= 0.3 is 10.1 Å². The minimum atomic E-state index is -3.90. The summed E-state index contributed by atoms with van der Waals surface area (Å²) in [6.45, 7) is 2.04. The lowest BCUT2D eigenvalue weighted by atomic mass is 10.2. The van der Waals surface area contributed by atoms with E-state index in [4.69, 9.17) is 9.84 Å². The van der Waals surface area contributed by atoms with E-state index in [2.05, 4.69) is 9.22 Å². The highest BCUT2D eigenvalue weighted by Crippen LogP contribution is 2.13. The highest BCUT2D eigenvalue weighted by molar-refractivity contribution is 7.86. The summed E-state index contributed by atoms with van der Waals surface area (Å²) >= 11 is 0. The molecule has 0 unspecified atom stereocenters. The van der Waals surface area contributed by atoms with Crippen molar-refractivity contribution in [2.45, 2.75) is 11.8 Å². The number of rotatable bonds is 8. The maximum atomic E-state index is 11.6. The Morgan fingerprint density at radius 1 is 1.11 bits per heavy atom. The molecule has 0 aromatic heterocycles. The molecular weight excluding hydrogens is 260 g/mol. The Bertz CT molecular complexity index is 439. The van der Waals surface area contributed by atoms with Crippen molar-refractivity contribution in [2.75, 3.05) is 26.4 Å². The second kappa shape index (κ2) is 7.45. The second-order valence-corrected chi connectivity index (χ2v) is 5.01. The summed E-state index contributed by atoms with van der Waals surface area (Å²) in [7, 11) is -3.90. The first-order chi connectivity index (χ1) is 8.56.